The molecule has 0 radical (unpaired) electrons. The van der Waals surface area contributed by atoms with Gasteiger partial charge in [0, 0.05) is 29.3 Å². The van der Waals surface area contributed by atoms with Gasteiger partial charge in [-0.25, -0.2) is 4.79 Å². The lowest BCUT2D eigenvalue weighted by Crippen LogP contribution is -2.41. The van der Waals surface area contributed by atoms with Crippen molar-refractivity contribution in [3.05, 3.63) is 24.0 Å². The lowest BCUT2D eigenvalue weighted by Gasteiger charge is -2.32. The number of ether oxygens (including phenoxy) is 1. The van der Waals surface area contributed by atoms with E-state index in [-0.39, 0.29) is 0 Å². The molecule has 0 bridgehead atoms. The summed E-state index contributed by atoms with van der Waals surface area (Å²) in [7, 11) is 0.790. The van der Waals surface area contributed by atoms with Crippen LogP contribution < -0.4 is 5.46 Å². The van der Waals surface area contributed by atoms with Crippen molar-refractivity contribution in [1.82, 2.24) is 4.98 Å². The number of aromatic nitrogens is 1. The molecular weight excluding hydrogens is 269 g/mol. The van der Waals surface area contributed by atoms with Gasteiger partial charge in [-0.2, -0.15) is 0 Å². The fraction of sp³-hybridized carbons (Fsp3) is 0.467. The number of carbonyl (C=O) groups excluding carboxylic acids is 1. The molecule has 0 aromatic carbocycles. The lowest BCUT2D eigenvalue weighted by atomic mass is 9.80. The highest BCUT2D eigenvalue weighted by Gasteiger charge is 2.51. The molecule has 21 heavy (non-hydrogen) atoms. The fourth-order valence-corrected chi connectivity index (χ4v) is 1.81. The monoisotopic (exact) mass is 287 g/mol. The third kappa shape index (κ3) is 3.26. The average molecular weight is 287 g/mol. The van der Waals surface area contributed by atoms with Crippen LogP contribution in [0.15, 0.2) is 18.5 Å². The molecule has 6 heteroatoms. The maximum atomic E-state index is 11.0. The van der Waals surface area contributed by atoms with Gasteiger partial charge in [0.15, 0.2) is 0 Å². The van der Waals surface area contributed by atoms with Crippen LogP contribution in [0.25, 0.3) is 0 Å². The highest BCUT2D eigenvalue weighted by Crippen LogP contribution is 2.36. The molecular formula is C15H18BNO4. The predicted molar refractivity (Wildman–Crippen MR) is 78.8 cm³/mol. The lowest BCUT2D eigenvalue weighted by molar-refractivity contribution is -0.133. The van der Waals surface area contributed by atoms with Crippen LogP contribution in [0.3, 0.4) is 0 Å². The zero-order valence-electron chi connectivity index (χ0n) is 12.9. The van der Waals surface area contributed by atoms with Crippen molar-refractivity contribution in [2.24, 2.45) is 0 Å². The Morgan fingerprint density at radius 3 is 2.43 bits per heavy atom. The second kappa shape index (κ2) is 5.51. The standard InChI is InChI=1S/C15H18BNO4/c1-14(2)15(3,4)21-16(20-14)12-8-11(9-17-10-12)6-7-13(18)19-5/h8-10H,1-5H3. The Morgan fingerprint density at radius 1 is 1.24 bits per heavy atom. The number of carbonyl (C=O) groups is 1. The van der Waals surface area contributed by atoms with Crippen molar-refractivity contribution in [1.29, 1.82) is 0 Å². The van der Waals surface area contributed by atoms with Gasteiger partial charge >= 0.3 is 13.1 Å². The maximum absolute atomic E-state index is 11.0. The first-order chi connectivity index (χ1) is 9.75. The average Bonchev–Trinajstić information content (AvgIpc) is 2.65. The maximum Gasteiger partial charge on any atom is 0.496 e. The van der Waals surface area contributed by atoms with Crippen molar-refractivity contribution < 1.29 is 18.8 Å². The number of nitrogens with zero attached hydrogens (tertiary/aromatic N) is 1. The molecule has 2 heterocycles. The van der Waals surface area contributed by atoms with Crippen LogP contribution in [0.2, 0.25) is 0 Å². The highest BCUT2D eigenvalue weighted by atomic mass is 16.7. The molecule has 0 N–H and O–H groups in total. The Hall–Kier alpha value is -1.84. The van der Waals surface area contributed by atoms with Crippen LogP contribution in [0, 0.1) is 11.8 Å². The number of hydrogen-bond acceptors (Lipinski definition) is 5. The largest absolute Gasteiger partial charge is 0.496 e. The molecule has 1 aromatic rings. The Bertz CT molecular complexity index is 600. The van der Waals surface area contributed by atoms with Crippen LogP contribution in [-0.2, 0) is 18.8 Å². The zero-order chi connectivity index (χ0) is 15.7. The first-order valence-electron chi connectivity index (χ1n) is 6.66. The molecule has 0 atom stereocenters. The number of hydrogen-bond donors (Lipinski definition) is 0. The minimum Gasteiger partial charge on any atom is -0.459 e. The molecule has 1 fully saturated rings. The summed E-state index contributed by atoms with van der Waals surface area (Å²) >= 11 is 0. The molecule has 1 saturated heterocycles. The molecule has 0 spiro atoms. The van der Waals surface area contributed by atoms with E-state index in [0.29, 0.717) is 5.56 Å². The first-order valence-corrected chi connectivity index (χ1v) is 6.66. The molecule has 0 saturated carbocycles. The van der Waals surface area contributed by atoms with Crippen molar-refractivity contribution in [2.45, 2.75) is 38.9 Å². The van der Waals surface area contributed by atoms with E-state index < -0.39 is 24.3 Å². The van der Waals surface area contributed by atoms with Gasteiger partial charge in [0.2, 0.25) is 0 Å². The van der Waals surface area contributed by atoms with E-state index in [1.54, 1.807) is 18.5 Å². The van der Waals surface area contributed by atoms with Gasteiger partial charge in [-0.1, -0.05) is 5.92 Å². The van der Waals surface area contributed by atoms with Crippen LogP contribution in [0.5, 0.6) is 0 Å². The number of esters is 1. The first kappa shape index (κ1) is 15.6. The molecule has 0 aliphatic carbocycles. The minimum absolute atomic E-state index is 0.411. The summed E-state index contributed by atoms with van der Waals surface area (Å²) in [5.74, 6) is 4.48. The van der Waals surface area contributed by atoms with Gasteiger partial charge < -0.3 is 14.0 Å². The summed E-state index contributed by atoms with van der Waals surface area (Å²) in [6.07, 6.45) is 3.25. The highest BCUT2D eigenvalue weighted by molar-refractivity contribution is 6.62. The quantitative estimate of drug-likeness (QED) is 0.436. The molecule has 1 aliphatic rings. The normalized spacial score (nSPS) is 18.8. The fourth-order valence-electron chi connectivity index (χ4n) is 1.81. The van der Waals surface area contributed by atoms with Gasteiger partial charge in [-0.3, -0.25) is 4.98 Å². The van der Waals surface area contributed by atoms with Crippen molar-refractivity contribution in [2.75, 3.05) is 7.11 Å². The summed E-state index contributed by atoms with van der Waals surface area (Å²) in [5.41, 5.74) is 0.550. The van der Waals surface area contributed by atoms with Gasteiger partial charge in [-0.05, 0) is 33.8 Å². The Labute approximate surface area is 125 Å². The van der Waals surface area contributed by atoms with E-state index in [9.17, 15) is 4.79 Å². The van der Waals surface area contributed by atoms with E-state index in [4.69, 9.17) is 9.31 Å². The third-order valence-corrected chi connectivity index (χ3v) is 3.78. The molecule has 0 unspecified atom stereocenters. The molecule has 5 nitrogen and oxygen atoms in total. The zero-order valence-corrected chi connectivity index (χ0v) is 12.9. The van der Waals surface area contributed by atoms with Crippen molar-refractivity contribution in [3.63, 3.8) is 0 Å². The van der Waals surface area contributed by atoms with Crippen LogP contribution in [0.1, 0.15) is 33.3 Å². The third-order valence-electron chi connectivity index (χ3n) is 3.78. The summed E-state index contributed by atoms with van der Waals surface area (Å²) in [4.78, 5) is 15.1. The van der Waals surface area contributed by atoms with Gasteiger partial charge in [-0.15, -0.1) is 0 Å². The molecule has 2 rings (SSSR count). The van der Waals surface area contributed by atoms with Crippen molar-refractivity contribution in [3.8, 4) is 11.8 Å². The number of methoxy groups -OCH3 is 1. The van der Waals surface area contributed by atoms with Crippen LogP contribution >= 0.6 is 0 Å². The smallest absolute Gasteiger partial charge is 0.459 e. The van der Waals surface area contributed by atoms with Gasteiger partial charge in [0.1, 0.15) is 0 Å². The Balaban J connectivity index is 2.23. The van der Waals surface area contributed by atoms with Gasteiger partial charge in [0.25, 0.3) is 0 Å². The Kier molecular flexibility index (Phi) is 4.08. The van der Waals surface area contributed by atoms with Gasteiger partial charge in [0.05, 0.1) is 18.3 Å². The summed E-state index contributed by atoms with van der Waals surface area (Å²) in [6, 6.07) is 1.80. The topological polar surface area (TPSA) is 57.7 Å². The number of rotatable bonds is 1. The predicted octanol–water partition coefficient (Wildman–Crippen LogP) is 0.905. The van der Waals surface area contributed by atoms with E-state index >= 15 is 0 Å². The molecule has 110 valence electrons. The second-order valence-corrected chi connectivity index (χ2v) is 5.84. The van der Waals surface area contributed by atoms with E-state index in [1.807, 2.05) is 27.7 Å². The molecule has 1 aromatic heterocycles. The van der Waals surface area contributed by atoms with E-state index in [1.165, 1.54) is 7.11 Å². The van der Waals surface area contributed by atoms with Crippen LogP contribution in [-0.4, -0.2) is 36.4 Å². The van der Waals surface area contributed by atoms with Crippen molar-refractivity contribution >= 4 is 18.6 Å². The van der Waals surface area contributed by atoms with Crippen LogP contribution in [0.4, 0.5) is 0 Å². The van der Waals surface area contributed by atoms with E-state index in [2.05, 4.69) is 21.6 Å². The summed E-state index contributed by atoms with van der Waals surface area (Å²) in [5, 5.41) is 0. The Morgan fingerprint density at radius 2 is 1.86 bits per heavy atom. The summed E-state index contributed by atoms with van der Waals surface area (Å²) in [6.45, 7) is 7.95. The molecule has 0 amide bonds. The second-order valence-electron chi connectivity index (χ2n) is 5.84. The van der Waals surface area contributed by atoms with E-state index in [0.717, 1.165) is 5.46 Å². The minimum atomic E-state index is -0.587. The molecule has 1 aliphatic heterocycles. The summed E-state index contributed by atoms with van der Waals surface area (Å²) < 4.78 is 16.4. The number of pyridine rings is 1. The SMILES string of the molecule is COC(=O)C#Cc1cncc(B2OC(C)(C)C(C)(C)O2)c1.